The molecule has 0 aliphatic carbocycles. The van der Waals surface area contributed by atoms with Crippen molar-refractivity contribution in [3.63, 3.8) is 0 Å². The highest BCUT2D eigenvalue weighted by molar-refractivity contribution is 7.89. The molecule has 0 aromatic heterocycles. The fourth-order valence-corrected chi connectivity index (χ4v) is 5.93. The number of carbonyl (C=O) groups is 1. The summed E-state index contributed by atoms with van der Waals surface area (Å²) in [5.41, 5.74) is 1.08. The van der Waals surface area contributed by atoms with E-state index in [1.165, 1.54) is 35.6 Å². The number of nitrogens with one attached hydrogen (secondary N) is 2. The molecule has 0 spiro atoms. The Balaban J connectivity index is 1.75. The molecule has 0 radical (unpaired) electrons. The Kier molecular flexibility index (Phi) is 7.78. The number of carbonyl (C=O) groups excluding carboxylic acids is 1. The van der Waals surface area contributed by atoms with E-state index in [4.69, 9.17) is 4.74 Å². The van der Waals surface area contributed by atoms with Crippen LogP contribution < -0.4 is 14.8 Å². The van der Waals surface area contributed by atoms with E-state index < -0.39 is 26.0 Å². The molecule has 1 amide bonds. The lowest BCUT2D eigenvalue weighted by atomic mass is 9.98. The molecule has 1 atom stereocenters. The van der Waals surface area contributed by atoms with Crippen LogP contribution in [0.15, 0.2) is 52.3 Å². The van der Waals surface area contributed by atoms with Crippen molar-refractivity contribution < 1.29 is 26.4 Å². The first kappa shape index (κ1) is 25.2. The van der Waals surface area contributed by atoms with Gasteiger partial charge in [0, 0.05) is 18.8 Å². The normalized spacial score (nSPS) is 17.5. The first-order valence-corrected chi connectivity index (χ1v) is 13.6. The summed E-state index contributed by atoms with van der Waals surface area (Å²) in [6.07, 6.45) is 1.08. The van der Waals surface area contributed by atoms with Crippen molar-refractivity contribution in [3.05, 3.63) is 48.0 Å². The lowest BCUT2D eigenvalue weighted by Crippen LogP contribution is -2.43. The highest BCUT2D eigenvalue weighted by Crippen LogP contribution is 2.27. The summed E-state index contributed by atoms with van der Waals surface area (Å²) in [4.78, 5) is 13.1. The van der Waals surface area contributed by atoms with Crippen molar-refractivity contribution in [2.75, 3.05) is 32.1 Å². The van der Waals surface area contributed by atoms with E-state index in [1.807, 2.05) is 6.92 Å². The SMILES string of the molecule is CCOc1ccc(S(=O)(=O)N2CCC[C@@H](C(=O)Nc3cc(S(=O)(=O)NC)ccc3C)C2)cc1. The van der Waals surface area contributed by atoms with Gasteiger partial charge in [0.15, 0.2) is 0 Å². The third-order valence-electron chi connectivity index (χ3n) is 5.57. The number of hydrogen-bond acceptors (Lipinski definition) is 6. The largest absolute Gasteiger partial charge is 0.494 e. The lowest BCUT2D eigenvalue weighted by molar-refractivity contribution is -0.120. The highest BCUT2D eigenvalue weighted by Gasteiger charge is 2.33. The van der Waals surface area contributed by atoms with Crippen molar-refractivity contribution in [3.8, 4) is 5.75 Å². The van der Waals surface area contributed by atoms with Crippen LogP contribution >= 0.6 is 0 Å². The van der Waals surface area contributed by atoms with Crippen LogP contribution in [0.3, 0.4) is 0 Å². The van der Waals surface area contributed by atoms with Gasteiger partial charge in [-0.25, -0.2) is 21.6 Å². The standard InChI is InChI=1S/C22H29N3O6S2/c1-4-31-18-8-11-19(12-9-18)33(29,30)25-13-5-6-17(15-25)22(26)24-21-14-20(10-7-16(21)2)32(27,28)23-3/h7-12,14,17,23H,4-6,13,15H2,1-3H3,(H,24,26)/t17-/m1/s1. The van der Waals surface area contributed by atoms with Crippen LogP contribution in [0.1, 0.15) is 25.3 Å². The molecule has 1 fully saturated rings. The maximum atomic E-state index is 13.1. The minimum Gasteiger partial charge on any atom is -0.494 e. The molecule has 0 unspecified atom stereocenters. The van der Waals surface area contributed by atoms with Gasteiger partial charge >= 0.3 is 0 Å². The summed E-state index contributed by atoms with van der Waals surface area (Å²) in [5.74, 6) is -0.311. The van der Waals surface area contributed by atoms with Crippen LogP contribution in [0.5, 0.6) is 5.75 Å². The second-order valence-electron chi connectivity index (χ2n) is 7.78. The van der Waals surface area contributed by atoms with Crippen LogP contribution in [-0.2, 0) is 24.8 Å². The number of piperidine rings is 1. The number of hydrogen-bond donors (Lipinski definition) is 2. The number of rotatable bonds is 8. The minimum absolute atomic E-state index is 0.0363. The molecule has 1 aliphatic rings. The van der Waals surface area contributed by atoms with E-state index in [9.17, 15) is 21.6 Å². The van der Waals surface area contributed by atoms with Crippen molar-refractivity contribution in [2.24, 2.45) is 5.92 Å². The predicted octanol–water partition coefficient (Wildman–Crippen LogP) is 2.34. The molecule has 2 N–H and O–H groups in total. The fraction of sp³-hybridized carbons (Fsp3) is 0.409. The van der Waals surface area contributed by atoms with Crippen molar-refractivity contribution in [1.29, 1.82) is 0 Å². The number of aryl methyl sites for hydroxylation is 1. The van der Waals surface area contributed by atoms with Gasteiger partial charge in [-0.15, -0.1) is 0 Å². The molecule has 1 aliphatic heterocycles. The molecule has 1 heterocycles. The van der Waals surface area contributed by atoms with E-state index in [2.05, 4.69) is 10.0 Å². The van der Waals surface area contributed by atoms with Crippen molar-refractivity contribution in [2.45, 2.75) is 36.5 Å². The second-order valence-corrected chi connectivity index (χ2v) is 11.6. The van der Waals surface area contributed by atoms with Gasteiger partial charge in [0.2, 0.25) is 26.0 Å². The van der Waals surface area contributed by atoms with E-state index in [-0.39, 0.29) is 22.2 Å². The zero-order valence-electron chi connectivity index (χ0n) is 18.9. The maximum absolute atomic E-state index is 13.1. The molecule has 33 heavy (non-hydrogen) atoms. The molecule has 2 aromatic carbocycles. The van der Waals surface area contributed by atoms with Crippen molar-refractivity contribution in [1.82, 2.24) is 9.03 Å². The molecular formula is C22H29N3O6S2. The molecule has 9 nitrogen and oxygen atoms in total. The second kappa shape index (κ2) is 10.2. The molecule has 2 aromatic rings. The Morgan fingerprint density at radius 2 is 1.76 bits per heavy atom. The number of amides is 1. The van der Waals surface area contributed by atoms with Gasteiger partial charge in [0.1, 0.15) is 5.75 Å². The van der Waals surface area contributed by atoms with Crippen LogP contribution in [0.4, 0.5) is 5.69 Å². The van der Waals surface area contributed by atoms with Crippen LogP contribution in [-0.4, -0.2) is 53.8 Å². The lowest BCUT2D eigenvalue weighted by Gasteiger charge is -2.31. The monoisotopic (exact) mass is 495 g/mol. The third-order valence-corrected chi connectivity index (χ3v) is 8.86. The number of ether oxygens (including phenoxy) is 1. The number of sulfonamides is 2. The highest BCUT2D eigenvalue weighted by atomic mass is 32.2. The van der Waals surface area contributed by atoms with Gasteiger partial charge < -0.3 is 10.1 Å². The van der Waals surface area contributed by atoms with Crippen LogP contribution in [0.25, 0.3) is 0 Å². The van der Waals surface area contributed by atoms with Crippen molar-refractivity contribution >= 4 is 31.6 Å². The Morgan fingerprint density at radius 3 is 2.39 bits per heavy atom. The van der Waals surface area contributed by atoms with Crippen LogP contribution in [0.2, 0.25) is 0 Å². The Hall–Kier alpha value is -2.47. The van der Waals surface area contributed by atoms with Gasteiger partial charge in [0.25, 0.3) is 0 Å². The quantitative estimate of drug-likeness (QED) is 0.580. The third kappa shape index (κ3) is 5.72. The van der Waals surface area contributed by atoms with E-state index in [0.29, 0.717) is 43.0 Å². The molecule has 180 valence electrons. The predicted molar refractivity (Wildman–Crippen MR) is 125 cm³/mol. The van der Waals surface area contributed by atoms with Gasteiger partial charge in [0.05, 0.1) is 22.3 Å². The molecule has 0 bridgehead atoms. The zero-order valence-corrected chi connectivity index (χ0v) is 20.5. The summed E-state index contributed by atoms with van der Waals surface area (Å²) < 4.78 is 59.3. The van der Waals surface area contributed by atoms with Gasteiger partial charge in [-0.3, -0.25) is 4.79 Å². The molecule has 3 rings (SSSR count). The molecule has 11 heteroatoms. The molecular weight excluding hydrogens is 466 g/mol. The topological polar surface area (TPSA) is 122 Å². The maximum Gasteiger partial charge on any atom is 0.243 e. The summed E-state index contributed by atoms with van der Waals surface area (Å²) in [5, 5.41) is 2.78. The molecule has 0 saturated carbocycles. The number of anilines is 1. The Bertz CT molecular complexity index is 1210. The first-order chi connectivity index (χ1) is 15.6. The fourth-order valence-electron chi connectivity index (χ4n) is 3.65. The summed E-state index contributed by atoms with van der Waals surface area (Å²) in [6, 6.07) is 10.7. The first-order valence-electron chi connectivity index (χ1n) is 10.7. The van der Waals surface area contributed by atoms with E-state index in [1.54, 1.807) is 25.1 Å². The Morgan fingerprint density at radius 1 is 1.09 bits per heavy atom. The summed E-state index contributed by atoms with van der Waals surface area (Å²) in [7, 11) is -6.11. The summed E-state index contributed by atoms with van der Waals surface area (Å²) in [6.45, 7) is 4.47. The van der Waals surface area contributed by atoms with Gasteiger partial charge in [-0.05, 0) is 75.7 Å². The van der Waals surface area contributed by atoms with E-state index >= 15 is 0 Å². The average molecular weight is 496 g/mol. The number of benzene rings is 2. The Labute approximate surface area is 195 Å². The number of nitrogens with zero attached hydrogens (tertiary/aromatic N) is 1. The zero-order chi connectivity index (χ0) is 24.2. The van der Waals surface area contributed by atoms with Crippen LogP contribution in [0, 0.1) is 12.8 Å². The van der Waals surface area contributed by atoms with Gasteiger partial charge in [-0.1, -0.05) is 6.07 Å². The molecule has 1 saturated heterocycles. The minimum atomic E-state index is -3.76. The van der Waals surface area contributed by atoms with Gasteiger partial charge in [-0.2, -0.15) is 4.31 Å². The summed E-state index contributed by atoms with van der Waals surface area (Å²) >= 11 is 0. The smallest absolute Gasteiger partial charge is 0.243 e. The average Bonchev–Trinajstić information content (AvgIpc) is 2.81. The van der Waals surface area contributed by atoms with E-state index in [0.717, 1.165) is 0 Å².